The summed E-state index contributed by atoms with van der Waals surface area (Å²) in [6, 6.07) is 7.77. The maximum Gasteiger partial charge on any atom is 0.416 e. The Bertz CT molecular complexity index is 357. The lowest BCUT2D eigenvalue weighted by Gasteiger charge is -2.25. The van der Waals surface area contributed by atoms with Crippen molar-refractivity contribution in [3.63, 3.8) is 0 Å². The van der Waals surface area contributed by atoms with Gasteiger partial charge >= 0.3 is 6.18 Å². The highest BCUT2D eigenvalue weighted by Gasteiger charge is 2.43. The van der Waals surface area contributed by atoms with Gasteiger partial charge in [0.25, 0.3) is 0 Å². The van der Waals surface area contributed by atoms with Crippen LogP contribution in [0.3, 0.4) is 0 Å². The molecule has 2 N–H and O–H groups in total. The fraction of sp³-hybridized carbons (Fsp3) is 0.538. The molecule has 3 nitrogen and oxygen atoms in total. The smallest absolute Gasteiger partial charge is 0.416 e. The molecule has 0 amide bonds. The van der Waals surface area contributed by atoms with E-state index in [1.165, 1.54) is 0 Å². The number of hydrogen-bond donors (Lipinski definition) is 1. The van der Waals surface area contributed by atoms with E-state index < -0.39 is 18.3 Å². The van der Waals surface area contributed by atoms with Crippen LogP contribution < -0.4 is 10.5 Å². The van der Waals surface area contributed by atoms with Gasteiger partial charge < -0.3 is 15.2 Å². The molecule has 0 saturated heterocycles. The molecule has 0 aromatic heterocycles. The zero-order valence-electron chi connectivity index (χ0n) is 10.7. The van der Waals surface area contributed by atoms with E-state index in [1.807, 2.05) is 6.07 Å². The Balaban J connectivity index is 2.37. The SMILES string of the molecule is CCC(N)C(OCCOc1ccccc1)C(F)(F)F. The first-order valence-electron chi connectivity index (χ1n) is 6.07. The summed E-state index contributed by atoms with van der Waals surface area (Å²) in [6.07, 6.45) is -6.21. The van der Waals surface area contributed by atoms with Crippen molar-refractivity contribution < 1.29 is 22.6 Å². The first-order valence-corrected chi connectivity index (χ1v) is 6.07. The van der Waals surface area contributed by atoms with Gasteiger partial charge in [-0.25, -0.2) is 0 Å². The van der Waals surface area contributed by atoms with Gasteiger partial charge in [-0.3, -0.25) is 0 Å². The van der Waals surface area contributed by atoms with Crippen molar-refractivity contribution >= 4 is 0 Å². The largest absolute Gasteiger partial charge is 0.491 e. The van der Waals surface area contributed by atoms with Crippen LogP contribution in [0, 0.1) is 0 Å². The second-order valence-corrected chi connectivity index (χ2v) is 4.07. The fourth-order valence-electron chi connectivity index (χ4n) is 1.53. The van der Waals surface area contributed by atoms with Gasteiger partial charge in [-0.15, -0.1) is 0 Å². The number of nitrogens with two attached hydrogens (primary N) is 1. The molecule has 19 heavy (non-hydrogen) atoms. The Morgan fingerprint density at radius 2 is 1.79 bits per heavy atom. The van der Waals surface area contributed by atoms with Crippen LogP contribution >= 0.6 is 0 Å². The zero-order chi connectivity index (χ0) is 14.3. The van der Waals surface area contributed by atoms with Crippen molar-refractivity contribution in [2.24, 2.45) is 5.73 Å². The van der Waals surface area contributed by atoms with Gasteiger partial charge in [0.05, 0.1) is 6.61 Å². The highest BCUT2D eigenvalue weighted by molar-refractivity contribution is 5.20. The van der Waals surface area contributed by atoms with Crippen LogP contribution in [-0.4, -0.2) is 31.5 Å². The zero-order valence-corrected chi connectivity index (χ0v) is 10.7. The molecule has 0 spiro atoms. The number of hydrogen-bond acceptors (Lipinski definition) is 3. The van der Waals surface area contributed by atoms with E-state index in [0.29, 0.717) is 5.75 Å². The van der Waals surface area contributed by atoms with E-state index in [-0.39, 0.29) is 19.6 Å². The first-order chi connectivity index (χ1) is 8.95. The minimum atomic E-state index is -4.46. The third-order valence-corrected chi connectivity index (χ3v) is 2.58. The lowest BCUT2D eigenvalue weighted by Crippen LogP contribution is -2.47. The number of rotatable bonds is 7. The number of benzene rings is 1. The number of halogens is 3. The highest BCUT2D eigenvalue weighted by Crippen LogP contribution is 2.25. The molecule has 0 saturated carbocycles. The number of alkyl halides is 3. The maximum absolute atomic E-state index is 12.7. The standard InChI is InChI=1S/C13H18F3NO2/c1-2-11(17)12(13(14,15)16)19-9-8-18-10-6-4-3-5-7-10/h3-7,11-12H,2,8-9,17H2,1H3. The summed E-state index contributed by atoms with van der Waals surface area (Å²) in [6.45, 7) is 1.48. The van der Waals surface area contributed by atoms with Gasteiger partial charge in [0.15, 0.2) is 6.10 Å². The molecule has 0 aliphatic heterocycles. The Morgan fingerprint density at radius 3 is 2.32 bits per heavy atom. The summed E-state index contributed by atoms with van der Waals surface area (Å²) in [4.78, 5) is 0. The van der Waals surface area contributed by atoms with Crippen LogP contribution in [-0.2, 0) is 4.74 Å². The summed E-state index contributed by atoms with van der Waals surface area (Å²) in [7, 11) is 0. The summed E-state index contributed by atoms with van der Waals surface area (Å²) in [5.74, 6) is 0.592. The average Bonchev–Trinajstić information content (AvgIpc) is 2.37. The van der Waals surface area contributed by atoms with E-state index in [0.717, 1.165) is 0 Å². The van der Waals surface area contributed by atoms with Gasteiger partial charge in [-0.2, -0.15) is 13.2 Å². The molecule has 1 aromatic carbocycles. The van der Waals surface area contributed by atoms with Crippen molar-refractivity contribution in [3.8, 4) is 5.75 Å². The second kappa shape index (κ2) is 7.35. The van der Waals surface area contributed by atoms with Gasteiger partial charge in [0.1, 0.15) is 12.4 Å². The van der Waals surface area contributed by atoms with Crippen LogP contribution in [0.5, 0.6) is 5.75 Å². The van der Waals surface area contributed by atoms with Crippen LogP contribution in [0.2, 0.25) is 0 Å². The molecule has 1 rings (SSSR count). The van der Waals surface area contributed by atoms with Crippen molar-refractivity contribution in [2.75, 3.05) is 13.2 Å². The monoisotopic (exact) mass is 277 g/mol. The summed E-state index contributed by atoms with van der Waals surface area (Å²) < 4.78 is 48.0. The number of para-hydroxylation sites is 1. The Morgan fingerprint density at radius 1 is 1.16 bits per heavy atom. The van der Waals surface area contributed by atoms with Gasteiger partial charge in [0.2, 0.25) is 0 Å². The van der Waals surface area contributed by atoms with Crippen molar-refractivity contribution in [3.05, 3.63) is 30.3 Å². The Kier molecular flexibility index (Phi) is 6.11. The third-order valence-electron chi connectivity index (χ3n) is 2.58. The minimum Gasteiger partial charge on any atom is -0.491 e. The van der Waals surface area contributed by atoms with Crippen LogP contribution in [0.25, 0.3) is 0 Å². The number of ether oxygens (including phenoxy) is 2. The van der Waals surface area contributed by atoms with Crippen LogP contribution in [0.4, 0.5) is 13.2 Å². The topological polar surface area (TPSA) is 44.5 Å². The molecule has 0 aliphatic carbocycles. The lowest BCUT2D eigenvalue weighted by molar-refractivity contribution is -0.227. The van der Waals surface area contributed by atoms with E-state index >= 15 is 0 Å². The highest BCUT2D eigenvalue weighted by atomic mass is 19.4. The van der Waals surface area contributed by atoms with E-state index in [2.05, 4.69) is 0 Å². The maximum atomic E-state index is 12.7. The molecule has 0 heterocycles. The molecule has 108 valence electrons. The Hall–Kier alpha value is -1.27. The molecule has 0 aliphatic rings. The molecular weight excluding hydrogens is 259 g/mol. The molecule has 2 atom stereocenters. The Labute approximate surface area is 110 Å². The van der Waals surface area contributed by atoms with E-state index in [1.54, 1.807) is 31.2 Å². The van der Waals surface area contributed by atoms with E-state index in [4.69, 9.17) is 15.2 Å². The average molecular weight is 277 g/mol. The predicted octanol–water partition coefficient (Wildman–Crippen LogP) is 2.75. The molecule has 2 unspecified atom stereocenters. The lowest BCUT2D eigenvalue weighted by atomic mass is 10.1. The predicted molar refractivity (Wildman–Crippen MR) is 66.0 cm³/mol. The quantitative estimate of drug-likeness (QED) is 0.779. The van der Waals surface area contributed by atoms with Crippen LogP contribution in [0.15, 0.2) is 30.3 Å². The fourth-order valence-corrected chi connectivity index (χ4v) is 1.53. The molecule has 0 fully saturated rings. The normalized spacial score (nSPS) is 15.0. The summed E-state index contributed by atoms with van der Waals surface area (Å²) in [5, 5.41) is 0. The van der Waals surface area contributed by atoms with Gasteiger partial charge in [-0.05, 0) is 18.6 Å². The first kappa shape index (κ1) is 15.8. The van der Waals surface area contributed by atoms with Crippen molar-refractivity contribution in [1.82, 2.24) is 0 Å². The van der Waals surface area contributed by atoms with Crippen LogP contribution in [0.1, 0.15) is 13.3 Å². The molecular formula is C13H18F3NO2. The summed E-state index contributed by atoms with van der Waals surface area (Å²) in [5.41, 5.74) is 5.41. The van der Waals surface area contributed by atoms with Gasteiger partial charge in [0, 0.05) is 6.04 Å². The second-order valence-electron chi connectivity index (χ2n) is 4.07. The third kappa shape index (κ3) is 5.48. The van der Waals surface area contributed by atoms with E-state index in [9.17, 15) is 13.2 Å². The van der Waals surface area contributed by atoms with Gasteiger partial charge in [-0.1, -0.05) is 25.1 Å². The molecule has 6 heteroatoms. The van der Waals surface area contributed by atoms with Crippen molar-refractivity contribution in [1.29, 1.82) is 0 Å². The molecule has 0 radical (unpaired) electrons. The molecule has 0 bridgehead atoms. The summed E-state index contributed by atoms with van der Waals surface area (Å²) >= 11 is 0. The minimum absolute atomic E-state index is 0.0486. The van der Waals surface area contributed by atoms with Crippen molar-refractivity contribution in [2.45, 2.75) is 31.7 Å². The molecule has 1 aromatic rings.